The summed E-state index contributed by atoms with van der Waals surface area (Å²) in [6.45, 7) is 6.21. The van der Waals surface area contributed by atoms with Crippen LogP contribution in [0, 0.1) is 13.8 Å². The molecule has 4 nitrogen and oxygen atoms in total. The number of piperidine rings is 1. The molecule has 1 saturated heterocycles. The molecule has 1 N–H and O–H groups in total. The van der Waals surface area contributed by atoms with Crippen molar-refractivity contribution in [1.82, 2.24) is 15.3 Å². The van der Waals surface area contributed by atoms with E-state index in [1.807, 2.05) is 19.9 Å². The Kier molecular flexibility index (Phi) is 5.15. The molecule has 1 unspecified atom stereocenters. The van der Waals surface area contributed by atoms with Gasteiger partial charge in [-0.2, -0.15) is 0 Å². The van der Waals surface area contributed by atoms with Gasteiger partial charge in [-0.05, 0) is 39.3 Å². The van der Waals surface area contributed by atoms with Crippen molar-refractivity contribution in [3.05, 3.63) is 17.5 Å². The molecule has 0 spiro atoms. The Morgan fingerprint density at radius 2 is 1.94 bits per heavy atom. The van der Waals surface area contributed by atoms with Gasteiger partial charge in [0.2, 0.25) is 5.95 Å². The number of nitrogens with one attached hydrogen (secondary N) is 1. The van der Waals surface area contributed by atoms with Gasteiger partial charge in [-0.1, -0.05) is 0 Å². The number of nitrogens with zero attached hydrogens (tertiary/aromatic N) is 3. The number of hydrogen-bond donors (Lipinski definition) is 1. The molecule has 1 aromatic heterocycles. The van der Waals surface area contributed by atoms with Gasteiger partial charge in [-0.3, -0.25) is 0 Å². The van der Waals surface area contributed by atoms with Crippen LogP contribution in [0.3, 0.4) is 0 Å². The fraction of sp³-hybridized carbons (Fsp3) is 0.667. The van der Waals surface area contributed by atoms with Crippen LogP contribution < -0.4 is 10.2 Å². The molecule has 2 rings (SSSR count). The van der Waals surface area contributed by atoms with Crippen molar-refractivity contribution >= 4 is 18.4 Å². The average molecular weight is 257 g/mol. The maximum atomic E-state index is 4.50. The monoisotopic (exact) mass is 256 g/mol. The molecule has 17 heavy (non-hydrogen) atoms. The Morgan fingerprint density at radius 1 is 1.29 bits per heavy atom. The summed E-state index contributed by atoms with van der Waals surface area (Å²) in [6, 6.07) is 2.53. The summed E-state index contributed by atoms with van der Waals surface area (Å²) in [5.74, 6) is 0.853. The number of aromatic nitrogens is 2. The van der Waals surface area contributed by atoms with E-state index in [0.717, 1.165) is 30.4 Å². The predicted octanol–water partition coefficient (Wildman–Crippen LogP) is 1.70. The second kappa shape index (κ2) is 6.17. The lowest BCUT2D eigenvalue weighted by Gasteiger charge is -2.31. The lowest BCUT2D eigenvalue weighted by Crippen LogP contribution is -2.45. The van der Waals surface area contributed by atoms with Gasteiger partial charge in [-0.15, -0.1) is 12.4 Å². The second-order valence-corrected chi connectivity index (χ2v) is 4.56. The van der Waals surface area contributed by atoms with Crippen LogP contribution >= 0.6 is 12.4 Å². The van der Waals surface area contributed by atoms with Crippen LogP contribution in [0.5, 0.6) is 0 Å². The van der Waals surface area contributed by atoms with Crippen LogP contribution in [0.4, 0.5) is 5.95 Å². The number of halogens is 1. The summed E-state index contributed by atoms with van der Waals surface area (Å²) in [6.07, 6.45) is 2.46. The highest BCUT2D eigenvalue weighted by Crippen LogP contribution is 2.15. The Bertz CT molecular complexity index is 343. The molecule has 96 valence electrons. The molecule has 0 radical (unpaired) electrons. The molecular weight excluding hydrogens is 236 g/mol. The standard InChI is InChI=1S/C12H20N4.ClH/c1-9-7-10(2)15-12(14-9)16(3)11-5-4-6-13-8-11;/h7,11,13H,4-6,8H2,1-3H3;1H. The highest BCUT2D eigenvalue weighted by Gasteiger charge is 2.19. The summed E-state index contributed by atoms with van der Waals surface area (Å²) < 4.78 is 0. The molecule has 2 heterocycles. The number of likely N-dealkylation sites (N-methyl/N-ethyl adjacent to an activating group) is 1. The van der Waals surface area contributed by atoms with Crippen LogP contribution in [-0.4, -0.2) is 36.1 Å². The molecule has 5 heteroatoms. The molecule has 0 amide bonds. The minimum atomic E-state index is 0. The van der Waals surface area contributed by atoms with Gasteiger partial charge in [0.25, 0.3) is 0 Å². The molecule has 1 atom stereocenters. The Hall–Kier alpha value is -0.870. The van der Waals surface area contributed by atoms with Crippen LogP contribution in [0.1, 0.15) is 24.2 Å². The fourth-order valence-corrected chi connectivity index (χ4v) is 2.19. The molecule has 1 fully saturated rings. The zero-order valence-electron chi connectivity index (χ0n) is 10.7. The largest absolute Gasteiger partial charge is 0.340 e. The van der Waals surface area contributed by atoms with E-state index in [1.54, 1.807) is 0 Å². The SMILES string of the molecule is Cc1cc(C)nc(N(C)C2CCCNC2)n1.Cl. The smallest absolute Gasteiger partial charge is 0.225 e. The Labute approximate surface area is 109 Å². The molecule has 1 aliphatic rings. The molecule has 0 aromatic carbocycles. The lowest BCUT2D eigenvalue weighted by atomic mass is 10.1. The molecule has 1 aromatic rings. The maximum absolute atomic E-state index is 4.50. The second-order valence-electron chi connectivity index (χ2n) is 4.56. The number of aryl methyl sites for hydroxylation is 2. The number of anilines is 1. The van der Waals surface area contributed by atoms with Gasteiger partial charge in [0.15, 0.2) is 0 Å². The van der Waals surface area contributed by atoms with Crippen LogP contribution in [-0.2, 0) is 0 Å². The zero-order chi connectivity index (χ0) is 11.5. The van der Waals surface area contributed by atoms with Crippen LogP contribution in [0.15, 0.2) is 6.07 Å². The van der Waals surface area contributed by atoms with Crippen molar-refractivity contribution in [3.8, 4) is 0 Å². The first kappa shape index (κ1) is 14.2. The van der Waals surface area contributed by atoms with Crippen molar-refractivity contribution in [2.24, 2.45) is 0 Å². The summed E-state index contributed by atoms with van der Waals surface area (Å²) in [7, 11) is 2.09. The highest BCUT2D eigenvalue weighted by atomic mass is 35.5. The van der Waals surface area contributed by atoms with Gasteiger partial charge in [0.05, 0.1) is 0 Å². The van der Waals surface area contributed by atoms with Gasteiger partial charge < -0.3 is 10.2 Å². The fourth-order valence-electron chi connectivity index (χ4n) is 2.19. The van der Waals surface area contributed by atoms with Crippen molar-refractivity contribution < 1.29 is 0 Å². The topological polar surface area (TPSA) is 41.1 Å². The third-order valence-corrected chi connectivity index (χ3v) is 3.10. The third-order valence-electron chi connectivity index (χ3n) is 3.10. The third kappa shape index (κ3) is 3.54. The quantitative estimate of drug-likeness (QED) is 0.875. The first-order chi connectivity index (χ1) is 7.66. The van der Waals surface area contributed by atoms with Crippen molar-refractivity contribution in [3.63, 3.8) is 0 Å². The Balaban J connectivity index is 0.00000144. The van der Waals surface area contributed by atoms with E-state index in [0.29, 0.717) is 6.04 Å². The van der Waals surface area contributed by atoms with Gasteiger partial charge in [0.1, 0.15) is 0 Å². The maximum Gasteiger partial charge on any atom is 0.225 e. The molecule has 0 bridgehead atoms. The van der Waals surface area contributed by atoms with E-state index in [9.17, 15) is 0 Å². The van der Waals surface area contributed by atoms with Gasteiger partial charge in [0, 0.05) is 31.0 Å². The number of hydrogen-bond acceptors (Lipinski definition) is 4. The van der Waals surface area contributed by atoms with Gasteiger partial charge >= 0.3 is 0 Å². The summed E-state index contributed by atoms with van der Waals surface area (Å²) in [5.41, 5.74) is 2.08. The van der Waals surface area contributed by atoms with E-state index < -0.39 is 0 Å². The first-order valence-electron chi connectivity index (χ1n) is 5.92. The van der Waals surface area contributed by atoms with Crippen molar-refractivity contribution in [1.29, 1.82) is 0 Å². The average Bonchev–Trinajstić information content (AvgIpc) is 2.28. The zero-order valence-corrected chi connectivity index (χ0v) is 11.5. The van der Waals surface area contributed by atoms with E-state index in [1.165, 1.54) is 12.8 Å². The van der Waals surface area contributed by atoms with Crippen LogP contribution in [0.25, 0.3) is 0 Å². The molecular formula is C12H21ClN4. The van der Waals surface area contributed by atoms with E-state index >= 15 is 0 Å². The van der Waals surface area contributed by atoms with Gasteiger partial charge in [-0.25, -0.2) is 9.97 Å². The van der Waals surface area contributed by atoms with E-state index in [4.69, 9.17) is 0 Å². The molecule has 0 saturated carbocycles. The molecule has 1 aliphatic heterocycles. The van der Waals surface area contributed by atoms with Crippen molar-refractivity contribution in [2.75, 3.05) is 25.0 Å². The highest BCUT2D eigenvalue weighted by molar-refractivity contribution is 5.85. The lowest BCUT2D eigenvalue weighted by molar-refractivity contribution is 0.441. The van der Waals surface area contributed by atoms with E-state index in [-0.39, 0.29) is 12.4 Å². The number of rotatable bonds is 2. The summed E-state index contributed by atoms with van der Waals surface area (Å²) in [5, 5.41) is 3.42. The minimum absolute atomic E-state index is 0. The summed E-state index contributed by atoms with van der Waals surface area (Å²) >= 11 is 0. The Morgan fingerprint density at radius 3 is 2.47 bits per heavy atom. The minimum Gasteiger partial charge on any atom is -0.340 e. The van der Waals surface area contributed by atoms with Crippen LogP contribution in [0.2, 0.25) is 0 Å². The predicted molar refractivity (Wildman–Crippen MR) is 73.0 cm³/mol. The van der Waals surface area contributed by atoms with Crippen molar-refractivity contribution in [2.45, 2.75) is 32.7 Å². The first-order valence-corrected chi connectivity index (χ1v) is 5.92. The molecule has 0 aliphatic carbocycles. The van der Waals surface area contributed by atoms with E-state index in [2.05, 4.69) is 27.2 Å². The summed E-state index contributed by atoms with van der Waals surface area (Å²) in [4.78, 5) is 11.2. The normalized spacial score (nSPS) is 19.6.